The summed E-state index contributed by atoms with van der Waals surface area (Å²) < 4.78 is 0. The monoisotopic (exact) mass is 445 g/mol. The number of rotatable bonds is 7. The number of aliphatic hydroxyl groups is 1. The Bertz CT molecular complexity index is 568. The first-order chi connectivity index (χ1) is 14.9. The Morgan fingerprint density at radius 3 is 1.42 bits per heavy atom. The van der Waals surface area contributed by atoms with E-state index < -0.39 is 38.9 Å². The van der Waals surface area contributed by atoms with Crippen LogP contribution in [0.3, 0.4) is 0 Å². The molecule has 2 unspecified atom stereocenters. The number of hydrogen-bond acceptors (Lipinski definition) is 9. The maximum Gasteiger partial charge on any atom is 0.242 e. The van der Waals surface area contributed by atoms with Gasteiger partial charge >= 0.3 is 0 Å². The van der Waals surface area contributed by atoms with Crippen LogP contribution >= 0.6 is 0 Å². The molecular weight excluding hydrogens is 410 g/mol. The van der Waals surface area contributed by atoms with Gasteiger partial charge < -0.3 is 5.11 Å². The number of nitrogens with one attached hydrogen (secondary N) is 1. The second-order valence-electron chi connectivity index (χ2n) is 8.76. The molecule has 0 bridgehead atoms. The van der Waals surface area contributed by atoms with Gasteiger partial charge in [-0.15, -0.1) is 0 Å². The molecule has 0 aromatic rings. The van der Waals surface area contributed by atoms with Crippen molar-refractivity contribution < 1.29 is 19.9 Å². The van der Waals surface area contributed by atoms with Crippen LogP contribution in [0.2, 0.25) is 0 Å². The van der Waals surface area contributed by atoms with Crippen molar-refractivity contribution >= 4 is 0 Å². The maximum absolute atomic E-state index is 11.7. The summed E-state index contributed by atoms with van der Waals surface area (Å²) in [6.07, 6.45) is 10.0. The van der Waals surface area contributed by atoms with Crippen LogP contribution in [0.15, 0.2) is 0 Å². The third kappa shape index (κ3) is 6.53. The number of nitro groups is 3. The number of hydrazine groups is 1. The van der Waals surface area contributed by atoms with Crippen LogP contribution in [-0.2, 0) is 0 Å². The van der Waals surface area contributed by atoms with Gasteiger partial charge in [0.05, 0.1) is 12.8 Å². The van der Waals surface area contributed by atoms with E-state index in [2.05, 4.69) is 10.4 Å². The first-order valence-electron chi connectivity index (χ1n) is 11.3. The van der Waals surface area contributed by atoms with Crippen molar-refractivity contribution in [2.75, 3.05) is 7.11 Å². The minimum Gasteiger partial charge on any atom is -0.400 e. The second kappa shape index (κ2) is 12.2. The van der Waals surface area contributed by atoms with Crippen LogP contribution in [0.1, 0.15) is 77.0 Å². The molecule has 3 aliphatic rings. The quantitative estimate of drug-likeness (QED) is 0.441. The Morgan fingerprint density at radius 2 is 1.10 bits per heavy atom. The minimum absolute atomic E-state index is 0.208. The highest BCUT2D eigenvalue weighted by atomic mass is 16.6. The summed E-state index contributed by atoms with van der Waals surface area (Å²) in [7, 11) is 1.00. The van der Waals surface area contributed by atoms with E-state index in [1.54, 1.807) is 0 Å². The van der Waals surface area contributed by atoms with E-state index in [9.17, 15) is 30.3 Å². The zero-order valence-corrected chi connectivity index (χ0v) is 18.1. The Balaban J connectivity index is 0.00000166. The highest BCUT2D eigenvalue weighted by Crippen LogP contribution is 2.32. The van der Waals surface area contributed by atoms with E-state index in [0.717, 1.165) is 71.3 Å². The van der Waals surface area contributed by atoms with Gasteiger partial charge in [0.25, 0.3) is 0 Å². The van der Waals surface area contributed by atoms with Crippen LogP contribution in [-0.4, -0.2) is 68.2 Å². The summed E-state index contributed by atoms with van der Waals surface area (Å²) in [5.74, 6) is 0. The van der Waals surface area contributed by atoms with Gasteiger partial charge in [0.15, 0.2) is 6.04 Å². The van der Waals surface area contributed by atoms with Crippen molar-refractivity contribution in [3.05, 3.63) is 30.3 Å². The third-order valence-corrected chi connectivity index (χ3v) is 6.93. The van der Waals surface area contributed by atoms with Gasteiger partial charge in [-0.2, -0.15) is 0 Å². The van der Waals surface area contributed by atoms with E-state index in [-0.39, 0.29) is 24.9 Å². The predicted molar refractivity (Wildman–Crippen MR) is 112 cm³/mol. The van der Waals surface area contributed by atoms with E-state index >= 15 is 0 Å². The average Bonchev–Trinajstić information content (AvgIpc) is 2.79. The molecule has 31 heavy (non-hydrogen) atoms. The fourth-order valence-corrected chi connectivity index (χ4v) is 5.38. The smallest absolute Gasteiger partial charge is 0.242 e. The first kappa shape index (κ1) is 25.3. The van der Waals surface area contributed by atoms with E-state index in [1.165, 1.54) is 0 Å². The molecular formula is C19H35N5O7. The molecule has 0 aromatic carbocycles. The molecule has 12 heteroatoms. The van der Waals surface area contributed by atoms with Crippen molar-refractivity contribution in [1.82, 2.24) is 10.4 Å². The molecule has 3 fully saturated rings. The van der Waals surface area contributed by atoms with Crippen molar-refractivity contribution in [1.29, 1.82) is 0 Å². The number of nitrogens with zero attached hydrogens (tertiary/aromatic N) is 4. The molecule has 3 rings (SSSR count). The van der Waals surface area contributed by atoms with Gasteiger partial charge in [-0.05, 0) is 25.7 Å². The average molecular weight is 446 g/mol. The Morgan fingerprint density at radius 1 is 0.710 bits per heavy atom. The summed E-state index contributed by atoms with van der Waals surface area (Å²) in [5, 5.41) is 43.8. The fraction of sp³-hybridized carbons (Fsp3) is 1.00. The predicted octanol–water partition coefficient (Wildman–Crippen LogP) is 2.17. The van der Waals surface area contributed by atoms with E-state index in [4.69, 9.17) is 5.11 Å². The molecule has 0 amide bonds. The first-order valence-corrected chi connectivity index (χ1v) is 11.3. The number of hydrogen-bond donors (Lipinski definition) is 2. The topological polar surface area (TPSA) is 165 Å². The Kier molecular flexibility index (Phi) is 9.97. The van der Waals surface area contributed by atoms with Crippen LogP contribution < -0.4 is 5.43 Å². The van der Waals surface area contributed by atoms with Gasteiger partial charge in [0.2, 0.25) is 18.1 Å². The molecule has 0 radical (unpaired) electrons. The van der Waals surface area contributed by atoms with Crippen molar-refractivity contribution in [2.45, 2.75) is 113 Å². The largest absolute Gasteiger partial charge is 0.400 e. The molecule has 2 atom stereocenters. The zero-order chi connectivity index (χ0) is 23.0. The summed E-state index contributed by atoms with van der Waals surface area (Å²) in [5.41, 5.74) is 3.25. The molecule has 0 heterocycles. The van der Waals surface area contributed by atoms with E-state index in [1.807, 2.05) is 0 Å². The van der Waals surface area contributed by atoms with Gasteiger partial charge in [-0.25, -0.2) is 10.4 Å². The molecule has 2 N–H and O–H groups in total. The Hall–Kier alpha value is -1.92. The van der Waals surface area contributed by atoms with Crippen molar-refractivity contribution in [2.24, 2.45) is 0 Å². The molecule has 0 aliphatic heterocycles. The molecule has 0 spiro atoms. The van der Waals surface area contributed by atoms with Crippen molar-refractivity contribution in [3.8, 4) is 0 Å². The summed E-state index contributed by atoms with van der Waals surface area (Å²) in [4.78, 5) is 33.0. The lowest BCUT2D eigenvalue weighted by molar-refractivity contribution is -0.610. The fourth-order valence-electron chi connectivity index (χ4n) is 5.38. The summed E-state index contributed by atoms with van der Waals surface area (Å²) in [6, 6.07) is -4.55. The lowest BCUT2D eigenvalue weighted by Gasteiger charge is -2.44. The van der Waals surface area contributed by atoms with Gasteiger partial charge in [-0.3, -0.25) is 30.3 Å². The van der Waals surface area contributed by atoms with E-state index in [0.29, 0.717) is 0 Å². The number of aliphatic hydroxyl groups excluding tert-OH is 1. The molecule has 12 nitrogen and oxygen atoms in total. The van der Waals surface area contributed by atoms with Gasteiger partial charge in [-0.1, -0.05) is 38.5 Å². The van der Waals surface area contributed by atoms with Gasteiger partial charge in [0.1, 0.15) is 0 Å². The zero-order valence-electron chi connectivity index (χ0n) is 18.1. The minimum atomic E-state index is -1.34. The van der Waals surface area contributed by atoms with Crippen LogP contribution in [0, 0.1) is 30.3 Å². The Labute approximate surface area is 181 Å². The molecule has 0 aromatic heterocycles. The highest BCUT2D eigenvalue weighted by molar-refractivity contribution is 4.94. The van der Waals surface area contributed by atoms with Crippen LogP contribution in [0.5, 0.6) is 0 Å². The SMILES string of the molecule is CO.O=[N+]([O-])C1CC([N+](=O)[O-])C(NN(C2CCCCC2)C2CCCCC2)C([N+](=O)[O-])C1. The highest BCUT2D eigenvalue weighted by Gasteiger charge is 2.55. The lowest BCUT2D eigenvalue weighted by atomic mass is 9.83. The summed E-state index contributed by atoms with van der Waals surface area (Å²) in [6.45, 7) is 0. The second-order valence-corrected chi connectivity index (χ2v) is 8.76. The van der Waals surface area contributed by atoms with Crippen LogP contribution in [0.25, 0.3) is 0 Å². The normalized spacial score (nSPS) is 30.3. The lowest BCUT2D eigenvalue weighted by Crippen LogP contribution is -2.66. The molecule has 3 aliphatic carbocycles. The summed E-state index contributed by atoms with van der Waals surface area (Å²) >= 11 is 0. The molecule has 3 saturated carbocycles. The standard InChI is InChI=1S/C18H31N5O6.CH4O/c24-21(25)15-11-16(22(26)27)18(17(12-15)23(28)29)19-20(13-7-3-1-4-8-13)14-9-5-2-6-10-14;1-2/h13-19H,1-12H2;2H,1H3. The van der Waals surface area contributed by atoms with Gasteiger partial charge in [0, 0.05) is 34.0 Å². The third-order valence-electron chi connectivity index (χ3n) is 6.93. The van der Waals surface area contributed by atoms with Crippen molar-refractivity contribution in [3.63, 3.8) is 0 Å². The molecule has 0 saturated heterocycles. The molecule has 178 valence electrons. The van der Waals surface area contributed by atoms with Crippen LogP contribution in [0.4, 0.5) is 0 Å². The maximum atomic E-state index is 11.7.